The largest absolute Gasteiger partial charge is 0.480 e. The van der Waals surface area contributed by atoms with Gasteiger partial charge in [0.2, 0.25) is 17.7 Å². The number of amides is 3. The lowest BCUT2D eigenvalue weighted by molar-refractivity contribution is -0.142. The zero-order chi connectivity index (χ0) is 31.6. The van der Waals surface area contributed by atoms with Gasteiger partial charge in [-0.3, -0.25) is 14.4 Å². The Balaban J connectivity index is 1.49. The van der Waals surface area contributed by atoms with Crippen LogP contribution >= 0.6 is 0 Å². The van der Waals surface area contributed by atoms with Crippen molar-refractivity contribution in [2.24, 2.45) is 11.5 Å². The number of benzene rings is 2. The summed E-state index contributed by atoms with van der Waals surface area (Å²) in [6, 6.07) is 10.3. The van der Waals surface area contributed by atoms with Crippen LogP contribution in [0.3, 0.4) is 0 Å². The molecular weight excluding hydrogens is 566 g/mol. The Morgan fingerprint density at radius 3 is 1.82 bits per heavy atom. The lowest BCUT2D eigenvalue weighted by atomic mass is 10.0. The number of nitrogens with two attached hydrogens (primary N) is 2. The molecule has 0 aliphatic carbocycles. The fourth-order valence-corrected chi connectivity index (χ4v) is 5.13. The van der Waals surface area contributed by atoms with Gasteiger partial charge in [-0.1, -0.05) is 36.4 Å². The summed E-state index contributed by atoms with van der Waals surface area (Å²) in [6.45, 7) is -0.412. The number of carbonyl (C=O) groups excluding carboxylic acids is 3. The monoisotopic (exact) mass is 605 g/mol. The minimum Gasteiger partial charge on any atom is -0.480 e. The molecule has 2 heterocycles. The third-order valence-corrected chi connectivity index (χ3v) is 7.56. The van der Waals surface area contributed by atoms with E-state index in [1.54, 1.807) is 12.4 Å². The van der Waals surface area contributed by atoms with E-state index in [2.05, 4.69) is 25.9 Å². The first-order valence-corrected chi connectivity index (χ1v) is 14.5. The molecule has 11 N–H and O–H groups in total. The second-order valence-corrected chi connectivity index (χ2v) is 10.7. The molecule has 0 aliphatic heterocycles. The highest BCUT2D eigenvalue weighted by molar-refractivity contribution is 5.95. The van der Waals surface area contributed by atoms with Crippen molar-refractivity contribution in [2.75, 3.05) is 13.2 Å². The lowest BCUT2D eigenvalue weighted by Crippen LogP contribution is -2.58. The minimum absolute atomic E-state index is 0.0536. The molecule has 13 heteroatoms. The number of unbranched alkanes of at least 4 members (excludes halogenated alkanes) is 1. The van der Waals surface area contributed by atoms with Gasteiger partial charge in [-0.05, 0) is 55.5 Å². The quantitative estimate of drug-likeness (QED) is 0.0811. The zero-order valence-corrected chi connectivity index (χ0v) is 24.2. The summed E-state index contributed by atoms with van der Waals surface area (Å²) in [5, 5.41) is 28.8. The summed E-state index contributed by atoms with van der Waals surface area (Å²) in [5.41, 5.74) is 15.1. The Morgan fingerprint density at radius 1 is 0.727 bits per heavy atom. The van der Waals surface area contributed by atoms with Gasteiger partial charge < -0.3 is 47.6 Å². The van der Waals surface area contributed by atoms with E-state index < -0.39 is 54.5 Å². The normalized spacial score (nSPS) is 14.1. The maximum atomic E-state index is 13.6. The minimum atomic E-state index is -1.46. The standard InChI is InChI=1S/C31H39N7O6/c32-12-6-5-11-25(31(43)44)36-30(42)27(17-39)38-29(41)26(14-19-16-35-24-10-4-2-8-21(19)24)37-28(40)22(33)13-18-15-34-23-9-3-1-7-20(18)23/h1-4,7-10,15-16,22,25-27,34-35,39H,5-6,11-14,17,32-33H2,(H,36,42)(H,37,40)(H,38,41)(H,43,44). The number of rotatable bonds is 16. The number of carbonyl (C=O) groups is 4. The molecule has 0 spiro atoms. The number of aliphatic hydroxyl groups excluding tert-OH is 1. The van der Waals surface area contributed by atoms with Gasteiger partial charge in [0.1, 0.15) is 18.1 Å². The summed E-state index contributed by atoms with van der Waals surface area (Å²) < 4.78 is 0. The highest BCUT2D eigenvalue weighted by atomic mass is 16.4. The molecule has 0 fully saturated rings. The van der Waals surface area contributed by atoms with Crippen LogP contribution in [0.25, 0.3) is 21.8 Å². The van der Waals surface area contributed by atoms with Gasteiger partial charge >= 0.3 is 5.97 Å². The molecule has 0 aliphatic rings. The molecule has 2 aromatic carbocycles. The maximum Gasteiger partial charge on any atom is 0.326 e. The second-order valence-electron chi connectivity index (χ2n) is 10.7. The van der Waals surface area contributed by atoms with E-state index in [-0.39, 0.29) is 19.3 Å². The molecule has 44 heavy (non-hydrogen) atoms. The molecule has 13 nitrogen and oxygen atoms in total. The Hall–Kier alpha value is -4.72. The maximum absolute atomic E-state index is 13.6. The van der Waals surface area contributed by atoms with Crippen molar-refractivity contribution in [3.63, 3.8) is 0 Å². The van der Waals surface area contributed by atoms with Crippen LogP contribution in [0.2, 0.25) is 0 Å². The number of aromatic nitrogens is 2. The van der Waals surface area contributed by atoms with Gasteiger partial charge in [0.05, 0.1) is 12.6 Å². The molecular formula is C31H39N7O6. The number of hydrogen-bond donors (Lipinski definition) is 9. The Kier molecular flexibility index (Phi) is 11.1. The fourth-order valence-electron chi connectivity index (χ4n) is 5.13. The summed E-state index contributed by atoms with van der Waals surface area (Å²) in [4.78, 5) is 57.7. The van der Waals surface area contributed by atoms with E-state index in [1.165, 1.54) is 0 Å². The molecule has 2 aromatic heterocycles. The van der Waals surface area contributed by atoms with Crippen molar-refractivity contribution in [1.29, 1.82) is 0 Å². The number of aliphatic hydroxyl groups is 1. The molecule has 4 atom stereocenters. The van der Waals surface area contributed by atoms with Crippen LogP contribution in [0.15, 0.2) is 60.9 Å². The fraction of sp³-hybridized carbons (Fsp3) is 0.355. The van der Waals surface area contributed by atoms with Gasteiger partial charge in [0.25, 0.3) is 0 Å². The average Bonchev–Trinajstić information content (AvgIpc) is 3.62. The topological polar surface area (TPSA) is 228 Å². The van der Waals surface area contributed by atoms with Crippen LogP contribution < -0.4 is 27.4 Å². The predicted molar refractivity (Wildman–Crippen MR) is 165 cm³/mol. The Labute approximate surface area is 253 Å². The number of hydrogen-bond acceptors (Lipinski definition) is 7. The summed E-state index contributed by atoms with van der Waals surface area (Å²) in [6.07, 6.45) is 4.98. The number of H-pyrrole nitrogens is 2. The van der Waals surface area contributed by atoms with Crippen molar-refractivity contribution < 1.29 is 29.4 Å². The number of carboxylic acids is 1. The van der Waals surface area contributed by atoms with Crippen LogP contribution in [-0.4, -0.2) is 81.2 Å². The first-order valence-electron chi connectivity index (χ1n) is 14.5. The van der Waals surface area contributed by atoms with Crippen LogP contribution in [0.1, 0.15) is 30.4 Å². The van der Waals surface area contributed by atoms with Crippen LogP contribution in [0.5, 0.6) is 0 Å². The summed E-state index contributed by atoms with van der Waals surface area (Å²) in [5.74, 6) is -3.43. The summed E-state index contributed by atoms with van der Waals surface area (Å²) >= 11 is 0. The van der Waals surface area contributed by atoms with Crippen molar-refractivity contribution in [3.05, 3.63) is 72.1 Å². The molecule has 4 unspecified atom stereocenters. The van der Waals surface area contributed by atoms with E-state index in [0.29, 0.717) is 19.4 Å². The SMILES string of the molecule is NCCCCC(NC(=O)C(CO)NC(=O)C(Cc1c[nH]c2ccccc12)NC(=O)C(N)Cc1c[nH]c2ccccc12)C(=O)O. The predicted octanol–water partition coefficient (Wildman–Crippen LogP) is 0.422. The smallest absolute Gasteiger partial charge is 0.326 e. The van der Waals surface area contributed by atoms with Crippen LogP contribution in [0.4, 0.5) is 0 Å². The molecule has 234 valence electrons. The Bertz CT molecular complexity index is 1600. The van der Waals surface area contributed by atoms with Crippen molar-refractivity contribution in [2.45, 2.75) is 56.3 Å². The molecule has 0 saturated carbocycles. The van der Waals surface area contributed by atoms with Crippen molar-refractivity contribution in [3.8, 4) is 0 Å². The van der Waals surface area contributed by atoms with E-state index in [4.69, 9.17) is 11.5 Å². The molecule has 4 aromatic rings. The van der Waals surface area contributed by atoms with E-state index in [1.807, 2.05) is 48.5 Å². The van der Waals surface area contributed by atoms with Gasteiger partial charge in [-0.2, -0.15) is 0 Å². The van der Waals surface area contributed by atoms with E-state index in [0.717, 1.165) is 32.9 Å². The Morgan fingerprint density at radius 2 is 1.25 bits per heavy atom. The summed E-state index contributed by atoms with van der Waals surface area (Å²) in [7, 11) is 0. The van der Waals surface area contributed by atoms with Gasteiger partial charge in [0, 0.05) is 40.6 Å². The van der Waals surface area contributed by atoms with Gasteiger partial charge in [-0.25, -0.2) is 4.79 Å². The highest BCUT2D eigenvalue weighted by Crippen LogP contribution is 2.21. The van der Waals surface area contributed by atoms with Gasteiger partial charge in [0.15, 0.2) is 0 Å². The third-order valence-electron chi connectivity index (χ3n) is 7.56. The average molecular weight is 606 g/mol. The highest BCUT2D eigenvalue weighted by Gasteiger charge is 2.31. The lowest BCUT2D eigenvalue weighted by Gasteiger charge is -2.24. The number of fused-ring (bicyclic) bond motifs is 2. The molecule has 4 rings (SSSR count). The number of para-hydroxylation sites is 2. The van der Waals surface area contributed by atoms with E-state index >= 15 is 0 Å². The zero-order valence-electron chi connectivity index (χ0n) is 24.2. The number of aliphatic carboxylic acids is 1. The number of aromatic amines is 2. The number of carboxylic acid groups (broad SMARTS) is 1. The molecule has 0 saturated heterocycles. The molecule has 0 bridgehead atoms. The first kappa shape index (κ1) is 32.2. The van der Waals surface area contributed by atoms with Crippen molar-refractivity contribution in [1.82, 2.24) is 25.9 Å². The molecule has 3 amide bonds. The van der Waals surface area contributed by atoms with Crippen molar-refractivity contribution >= 4 is 45.5 Å². The third kappa shape index (κ3) is 8.01. The molecule has 0 radical (unpaired) electrons. The number of nitrogens with one attached hydrogen (secondary N) is 5. The van der Waals surface area contributed by atoms with E-state index in [9.17, 15) is 29.4 Å². The van der Waals surface area contributed by atoms with Crippen LogP contribution in [-0.2, 0) is 32.0 Å². The van der Waals surface area contributed by atoms with Gasteiger partial charge in [-0.15, -0.1) is 0 Å². The van der Waals surface area contributed by atoms with Crippen LogP contribution in [0, 0.1) is 0 Å². The second kappa shape index (κ2) is 15.1. The first-order chi connectivity index (χ1) is 21.2.